The fourth-order valence-electron chi connectivity index (χ4n) is 2.24. The summed E-state index contributed by atoms with van der Waals surface area (Å²) in [6.07, 6.45) is -0.490. The Morgan fingerprint density at radius 3 is 2.94 bits per heavy atom. The standard InChI is InChI=1S/C12H18O5/c1-4-15-9(14)6-7-5-8(13)11-10(7)16-12(2,3)17-11/h8,11,13H,4-6H2,1-3H3/t8-,11+/m1/s1. The maximum Gasteiger partial charge on any atom is 0.310 e. The Morgan fingerprint density at radius 2 is 2.29 bits per heavy atom. The van der Waals surface area contributed by atoms with Crippen molar-refractivity contribution in [3.63, 3.8) is 0 Å². The minimum atomic E-state index is -0.735. The molecule has 0 bridgehead atoms. The van der Waals surface area contributed by atoms with Gasteiger partial charge in [0.25, 0.3) is 0 Å². The number of fused-ring (bicyclic) bond motifs is 1. The van der Waals surface area contributed by atoms with Crippen LogP contribution in [-0.2, 0) is 19.0 Å². The van der Waals surface area contributed by atoms with Crippen molar-refractivity contribution >= 4 is 5.97 Å². The van der Waals surface area contributed by atoms with Crippen molar-refractivity contribution in [3.8, 4) is 0 Å². The molecule has 1 aliphatic heterocycles. The van der Waals surface area contributed by atoms with Crippen LogP contribution in [0.25, 0.3) is 0 Å². The zero-order valence-corrected chi connectivity index (χ0v) is 10.4. The van der Waals surface area contributed by atoms with E-state index in [0.717, 1.165) is 5.57 Å². The zero-order valence-electron chi connectivity index (χ0n) is 10.4. The second kappa shape index (κ2) is 4.31. The van der Waals surface area contributed by atoms with E-state index in [-0.39, 0.29) is 12.4 Å². The molecule has 0 spiro atoms. The Morgan fingerprint density at radius 1 is 1.59 bits per heavy atom. The van der Waals surface area contributed by atoms with Crippen LogP contribution in [-0.4, -0.2) is 35.7 Å². The van der Waals surface area contributed by atoms with Crippen LogP contribution in [0.3, 0.4) is 0 Å². The molecule has 1 heterocycles. The lowest BCUT2D eigenvalue weighted by Gasteiger charge is -2.19. The molecule has 0 saturated carbocycles. The van der Waals surface area contributed by atoms with Gasteiger partial charge in [-0.05, 0) is 12.5 Å². The molecule has 1 N–H and O–H groups in total. The van der Waals surface area contributed by atoms with Crippen LogP contribution in [0.2, 0.25) is 0 Å². The number of hydrogen-bond donors (Lipinski definition) is 1. The third-order valence-corrected chi connectivity index (χ3v) is 2.84. The largest absolute Gasteiger partial charge is 0.466 e. The van der Waals surface area contributed by atoms with Gasteiger partial charge in [0.1, 0.15) is 11.9 Å². The number of carbonyl (C=O) groups excluding carboxylic acids is 1. The van der Waals surface area contributed by atoms with Crippen LogP contribution >= 0.6 is 0 Å². The summed E-state index contributed by atoms with van der Waals surface area (Å²) in [7, 11) is 0. The number of aliphatic hydroxyl groups is 1. The van der Waals surface area contributed by atoms with Gasteiger partial charge in [0.15, 0.2) is 0 Å². The summed E-state index contributed by atoms with van der Waals surface area (Å²) < 4.78 is 16.1. The molecule has 1 saturated heterocycles. The van der Waals surface area contributed by atoms with Crippen molar-refractivity contribution in [2.45, 2.75) is 51.6 Å². The summed E-state index contributed by atoms with van der Waals surface area (Å²) in [5.41, 5.74) is 0.784. The molecule has 0 aromatic rings. The Labute approximate surface area is 100 Å². The highest BCUT2D eigenvalue weighted by molar-refractivity contribution is 5.73. The lowest BCUT2D eigenvalue weighted by atomic mass is 10.1. The number of hydrogen-bond acceptors (Lipinski definition) is 5. The van der Waals surface area contributed by atoms with Crippen molar-refractivity contribution in [1.82, 2.24) is 0 Å². The first-order valence-corrected chi connectivity index (χ1v) is 5.85. The number of esters is 1. The summed E-state index contributed by atoms with van der Waals surface area (Å²) in [6, 6.07) is 0. The Hall–Kier alpha value is -1.07. The van der Waals surface area contributed by atoms with E-state index in [9.17, 15) is 9.90 Å². The van der Waals surface area contributed by atoms with E-state index >= 15 is 0 Å². The molecule has 5 nitrogen and oxygen atoms in total. The molecule has 0 aromatic carbocycles. The normalized spacial score (nSPS) is 30.1. The number of aliphatic hydroxyl groups excluding tert-OH is 1. The van der Waals surface area contributed by atoms with Gasteiger partial charge in [-0.25, -0.2) is 0 Å². The minimum absolute atomic E-state index is 0.163. The number of rotatable bonds is 3. The van der Waals surface area contributed by atoms with Crippen LogP contribution in [0.15, 0.2) is 11.3 Å². The summed E-state index contributed by atoms with van der Waals surface area (Å²) >= 11 is 0. The third kappa shape index (κ3) is 2.45. The topological polar surface area (TPSA) is 65.0 Å². The van der Waals surface area contributed by atoms with E-state index in [1.54, 1.807) is 20.8 Å². The first kappa shape index (κ1) is 12.4. The lowest BCUT2D eigenvalue weighted by Crippen LogP contribution is -2.27. The van der Waals surface area contributed by atoms with Crippen molar-refractivity contribution < 1.29 is 24.1 Å². The van der Waals surface area contributed by atoms with E-state index in [2.05, 4.69) is 0 Å². The van der Waals surface area contributed by atoms with Crippen molar-refractivity contribution in [3.05, 3.63) is 11.3 Å². The fourth-order valence-corrected chi connectivity index (χ4v) is 2.24. The zero-order chi connectivity index (χ0) is 12.6. The average molecular weight is 242 g/mol. The highest BCUT2D eigenvalue weighted by Gasteiger charge is 2.47. The predicted octanol–water partition coefficient (Wildman–Crippen LogP) is 1.11. The molecule has 5 heteroatoms. The van der Waals surface area contributed by atoms with Crippen LogP contribution in [0.4, 0.5) is 0 Å². The molecule has 0 radical (unpaired) electrons. The minimum Gasteiger partial charge on any atom is -0.466 e. The van der Waals surface area contributed by atoms with Gasteiger partial charge in [-0.2, -0.15) is 0 Å². The van der Waals surface area contributed by atoms with Gasteiger partial charge < -0.3 is 19.3 Å². The number of ether oxygens (including phenoxy) is 3. The fraction of sp³-hybridized carbons (Fsp3) is 0.750. The second-order valence-corrected chi connectivity index (χ2v) is 4.76. The van der Waals surface area contributed by atoms with Crippen LogP contribution in [0.5, 0.6) is 0 Å². The second-order valence-electron chi connectivity index (χ2n) is 4.76. The van der Waals surface area contributed by atoms with Gasteiger partial charge in [-0.3, -0.25) is 4.79 Å². The van der Waals surface area contributed by atoms with Crippen LogP contribution in [0, 0.1) is 0 Å². The molecule has 0 aromatic heterocycles. The molecule has 0 amide bonds. The highest BCUT2D eigenvalue weighted by atomic mass is 16.8. The average Bonchev–Trinajstić information content (AvgIpc) is 2.65. The molecule has 96 valence electrons. The van der Waals surface area contributed by atoms with Gasteiger partial charge in [-0.15, -0.1) is 0 Å². The first-order chi connectivity index (χ1) is 7.93. The Balaban J connectivity index is 2.12. The molecule has 2 atom stereocenters. The van der Waals surface area contributed by atoms with Gasteiger partial charge in [-0.1, -0.05) is 0 Å². The van der Waals surface area contributed by atoms with Crippen LogP contribution in [0.1, 0.15) is 33.6 Å². The quantitative estimate of drug-likeness (QED) is 0.751. The third-order valence-electron chi connectivity index (χ3n) is 2.84. The van der Waals surface area contributed by atoms with Gasteiger partial charge >= 0.3 is 5.97 Å². The van der Waals surface area contributed by atoms with Crippen molar-refractivity contribution in [2.24, 2.45) is 0 Å². The van der Waals surface area contributed by atoms with E-state index < -0.39 is 18.0 Å². The molecule has 17 heavy (non-hydrogen) atoms. The van der Waals surface area contributed by atoms with E-state index in [0.29, 0.717) is 18.8 Å². The van der Waals surface area contributed by atoms with E-state index in [1.165, 1.54) is 0 Å². The smallest absolute Gasteiger partial charge is 0.310 e. The lowest BCUT2D eigenvalue weighted by molar-refractivity contribution is -0.151. The molecule has 1 aliphatic carbocycles. The molecule has 0 unspecified atom stereocenters. The molecular formula is C12H18O5. The summed E-state index contributed by atoms with van der Waals surface area (Å²) in [6.45, 7) is 5.69. The molecule has 2 aliphatic rings. The van der Waals surface area contributed by atoms with Gasteiger partial charge in [0, 0.05) is 20.3 Å². The van der Waals surface area contributed by atoms with Gasteiger partial charge in [0.2, 0.25) is 5.79 Å². The summed E-state index contributed by atoms with van der Waals surface area (Å²) in [5.74, 6) is -0.423. The Bertz CT molecular complexity index is 358. The van der Waals surface area contributed by atoms with Crippen LogP contribution < -0.4 is 0 Å². The van der Waals surface area contributed by atoms with E-state index in [4.69, 9.17) is 14.2 Å². The van der Waals surface area contributed by atoms with Gasteiger partial charge in [0.05, 0.1) is 19.1 Å². The predicted molar refractivity (Wildman–Crippen MR) is 58.9 cm³/mol. The summed E-state index contributed by atoms with van der Waals surface area (Å²) in [5, 5.41) is 9.85. The van der Waals surface area contributed by atoms with E-state index in [1.807, 2.05) is 0 Å². The SMILES string of the molecule is CCOC(=O)CC1=C2OC(C)(C)O[C@H]2[C@H](O)C1. The molecule has 2 rings (SSSR count). The number of carbonyl (C=O) groups is 1. The summed E-state index contributed by atoms with van der Waals surface area (Å²) in [4.78, 5) is 11.4. The molecule has 1 fully saturated rings. The monoisotopic (exact) mass is 242 g/mol. The highest BCUT2D eigenvalue weighted by Crippen LogP contribution is 2.42. The maximum absolute atomic E-state index is 11.4. The first-order valence-electron chi connectivity index (χ1n) is 5.85. The van der Waals surface area contributed by atoms with Crippen molar-refractivity contribution in [2.75, 3.05) is 6.61 Å². The van der Waals surface area contributed by atoms with Crippen molar-refractivity contribution in [1.29, 1.82) is 0 Å². The maximum atomic E-state index is 11.4. The molecular weight excluding hydrogens is 224 g/mol. The Kier molecular flexibility index (Phi) is 3.14.